The van der Waals surface area contributed by atoms with Crippen LogP contribution in [0.5, 0.6) is 0 Å². The molecule has 0 bridgehead atoms. The fraction of sp³-hybridized carbons (Fsp3) is 1.00. The van der Waals surface area contributed by atoms with E-state index in [0.717, 1.165) is 0 Å². The van der Waals surface area contributed by atoms with E-state index in [1.165, 1.54) is 0 Å². The van der Waals surface area contributed by atoms with Crippen molar-refractivity contribution in [3.05, 3.63) is 0 Å². The fourth-order valence-electron chi connectivity index (χ4n) is 0.444. The monoisotopic (exact) mass is 195 g/mol. The maximum absolute atomic E-state index is 11.2. The van der Waals surface area contributed by atoms with Crippen molar-refractivity contribution in [3.8, 4) is 0 Å². The average Bonchev–Trinajstić information content (AvgIpc) is 1.82. The zero-order valence-electron chi connectivity index (χ0n) is 7.96. The largest absolute Gasteiger partial charge is 0.389 e. The molecule has 4 nitrogen and oxygen atoms in total. The van der Waals surface area contributed by atoms with Crippen molar-refractivity contribution in [2.24, 2.45) is 0 Å². The number of hydrogen-bond donors (Lipinski definition) is 2. The minimum atomic E-state index is -3.24. The Kier molecular flexibility index (Phi) is 3.68. The molecular formula is C7H17NO3S. The highest BCUT2D eigenvalue weighted by Gasteiger charge is 2.20. The maximum Gasteiger partial charge on any atom is 0.214 e. The molecule has 5 heteroatoms. The highest BCUT2D eigenvalue weighted by atomic mass is 32.2. The Labute approximate surface area is 74.0 Å². The van der Waals surface area contributed by atoms with Crippen molar-refractivity contribution in [1.29, 1.82) is 0 Å². The van der Waals surface area contributed by atoms with Gasteiger partial charge in [0, 0.05) is 6.54 Å². The van der Waals surface area contributed by atoms with Gasteiger partial charge < -0.3 is 5.11 Å². The lowest BCUT2D eigenvalue weighted by molar-refractivity contribution is 0.0856. The Balaban J connectivity index is 4.12. The molecule has 0 aromatic carbocycles. The van der Waals surface area contributed by atoms with Gasteiger partial charge in [0.25, 0.3) is 0 Å². The molecule has 0 fully saturated rings. The van der Waals surface area contributed by atoms with Crippen LogP contribution in [0.3, 0.4) is 0 Å². The van der Waals surface area contributed by atoms with E-state index in [2.05, 4.69) is 4.72 Å². The molecule has 0 radical (unpaired) electrons. The summed E-state index contributed by atoms with van der Waals surface area (Å²) in [6.45, 7) is 6.33. The Hall–Kier alpha value is -0.130. The van der Waals surface area contributed by atoms with Crippen LogP contribution in [-0.2, 0) is 10.0 Å². The molecule has 0 aliphatic heterocycles. The van der Waals surface area contributed by atoms with E-state index in [1.54, 1.807) is 27.7 Å². The summed E-state index contributed by atoms with van der Waals surface area (Å²) in [4.78, 5) is 0. The summed E-state index contributed by atoms with van der Waals surface area (Å²) >= 11 is 0. The summed E-state index contributed by atoms with van der Waals surface area (Å²) in [5.41, 5.74) is -0.998. The normalized spacial score (nSPS) is 13.8. The fourth-order valence-corrected chi connectivity index (χ4v) is 1.33. The maximum atomic E-state index is 11.2. The zero-order valence-corrected chi connectivity index (χ0v) is 8.77. The highest BCUT2D eigenvalue weighted by molar-refractivity contribution is 7.90. The first kappa shape index (κ1) is 11.9. The SMILES string of the molecule is CC(C)S(=O)(=O)NCC(C)(C)O. The van der Waals surface area contributed by atoms with Gasteiger partial charge in [0.15, 0.2) is 0 Å². The second kappa shape index (κ2) is 3.72. The number of hydrogen-bond acceptors (Lipinski definition) is 3. The predicted octanol–water partition coefficient (Wildman–Crippen LogP) is 0.0851. The quantitative estimate of drug-likeness (QED) is 0.668. The van der Waals surface area contributed by atoms with Crippen LogP contribution in [0.1, 0.15) is 27.7 Å². The molecule has 0 spiro atoms. The predicted molar refractivity (Wildman–Crippen MR) is 48.4 cm³/mol. The van der Waals surface area contributed by atoms with Crippen LogP contribution < -0.4 is 4.72 Å². The lowest BCUT2D eigenvalue weighted by Gasteiger charge is -2.18. The van der Waals surface area contributed by atoms with Crippen molar-refractivity contribution in [3.63, 3.8) is 0 Å². The molecule has 12 heavy (non-hydrogen) atoms. The van der Waals surface area contributed by atoms with Gasteiger partial charge in [-0.15, -0.1) is 0 Å². The van der Waals surface area contributed by atoms with Gasteiger partial charge in [-0.05, 0) is 27.7 Å². The van der Waals surface area contributed by atoms with Crippen LogP contribution >= 0.6 is 0 Å². The molecule has 0 saturated carbocycles. The summed E-state index contributed by atoms with van der Waals surface area (Å²) in [5, 5.41) is 8.78. The number of rotatable bonds is 4. The van der Waals surface area contributed by atoms with Crippen molar-refractivity contribution in [1.82, 2.24) is 4.72 Å². The smallest absolute Gasteiger partial charge is 0.214 e. The van der Waals surface area contributed by atoms with E-state index < -0.39 is 20.9 Å². The second-order valence-electron chi connectivity index (χ2n) is 3.73. The van der Waals surface area contributed by atoms with E-state index in [9.17, 15) is 13.5 Å². The lowest BCUT2D eigenvalue weighted by atomic mass is 10.1. The van der Waals surface area contributed by atoms with Crippen LogP contribution in [0, 0.1) is 0 Å². The summed E-state index contributed by atoms with van der Waals surface area (Å²) in [6.07, 6.45) is 0. The van der Waals surface area contributed by atoms with Gasteiger partial charge in [0.05, 0.1) is 10.9 Å². The molecule has 0 aliphatic carbocycles. The molecule has 2 N–H and O–H groups in total. The molecule has 0 unspecified atom stereocenters. The molecule has 0 aliphatic rings. The van der Waals surface area contributed by atoms with Gasteiger partial charge >= 0.3 is 0 Å². The standard InChI is InChI=1S/C7H17NO3S/c1-6(2)12(10,11)8-5-7(3,4)9/h6,8-9H,5H2,1-4H3. The molecule has 0 heterocycles. The van der Waals surface area contributed by atoms with Crippen LogP contribution in [0.25, 0.3) is 0 Å². The van der Waals surface area contributed by atoms with Crippen molar-refractivity contribution in [2.75, 3.05) is 6.54 Å². The number of nitrogens with one attached hydrogen (secondary N) is 1. The third-order valence-corrected chi connectivity index (χ3v) is 3.11. The number of sulfonamides is 1. The van der Waals surface area contributed by atoms with Crippen LogP contribution in [0.2, 0.25) is 0 Å². The first-order chi connectivity index (χ1) is 5.15. The molecule has 0 saturated heterocycles. The molecule has 0 rings (SSSR count). The second-order valence-corrected chi connectivity index (χ2v) is 6.05. The van der Waals surface area contributed by atoms with E-state index in [4.69, 9.17) is 0 Å². The Bertz CT molecular complexity index is 226. The van der Waals surface area contributed by atoms with E-state index >= 15 is 0 Å². The topological polar surface area (TPSA) is 66.4 Å². The molecule has 0 atom stereocenters. The third-order valence-electron chi connectivity index (χ3n) is 1.33. The van der Waals surface area contributed by atoms with E-state index in [1.807, 2.05) is 0 Å². The Morgan fingerprint density at radius 2 is 1.83 bits per heavy atom. The van der Waals surface area contributed by atoms with Gasteiger partial charge in [-0.1, -0.05) is 0 Å². The van der Waals surface area contributed by atoms with Gasteiger partial charge in [0.2, 0.25) is 10.0 Å². The van der Waals surface area contributed by atoms with Gasteiger partial charge in [-0.25, -0.2) is 13.1 Å². The molecule has 0 aromatic rings. The summed E-state index contributed by atoms with van der Waals surface area (Å²) < 4.78 is 24.6. The lowest BCUT2D eigenvalue weighted by Crippen LogP contribution is -2.41. The van der Waals surface area contributed by atoms with Crippen LogP contribution in [0.4, 0.5) is 0 Å². The zero-order chi connectivity index (χ0) is 9.99. The third kappa shape index (κ3) is 4.69. The van der Waals surface area contributed by atoms with Crippen LogP contribution in [0.15, 0.2) is 0 Å². The number of aliphatic hydroxyl groups is 1. The van der Waals surface area contributed by atoms with Gasteiger partial charge in [-0.2, -0.15) is 0 Å². The summed E-state index contributed by atoms with van der Waals surface area (Å²) in [5.74, 6) is 0. The molecular weight excluding hydrogens is 178 g/mol. The minimum absolute atomic E-state index is 0.0491. The Morgan fingerprint density at radius 1 is 1.42 bits per heavy atom. The van der Waals surface area contributed by atoms with Crippen LogP contribution in [-0.4, -0.2) is 30.9 Å². The average molecular weight is 195 g/mol. The van der Waals surface area contributed by atoms with Gasteiger partial charge in [0.1, 0.15) is 0 Å². The first-order valence-electron chi connectivity index (χ1n) is 3.86. The molecule has 0 amide bonds. The van der Waals surface area contributed by atoms with Crippen molar-refractivity contribution < 1.29 is 13.5 Å². The molecule has 0 aromatic heterocycles. The summed E-state index contributed by atoms with van der Waals surface area (Å²) in [6, 6.07) is 0. The highest BCUT2D eigenvalue weighted by Crippen LogP contribution is 2.01. The Morgan fingerprint density at radius 3 is 2.08 bits per heavy atom. The minimum Gasteiger partial charge on any atom is -0.389 e. The molecule has 74 valence electrons. The van der Waals surface area contributed by atoms with Gasteiger partial charge in [-0.3, -0.25) is 0 Å². The first-order valence-corrected chi connectivity index (χ1v) is 5.40. The summed E-state index contributed by atoms with van der Waals surface area (Å²) in [7, 11) is -3.24. The van der Waals surface area contributed by atoms with E-state index in [0.29, 0.717) is 0 Å². The van der Waals surface area contributed by atoms with Crippen molar-refractivity contribution >= 4 is 10.0 Å². The van der Waals surface area contributed by atoms with Crippen molar-refractivity contribution in [2.45, 2.75) is 38.5 Å². The van der Waals surface area contributed by atoms with E-state index in [-0.39, 0.29) is 6.54 Å².